The average Bonchev–Trinajstić information content (AvgIpc) is 2.41. The number of halogens is 1. The van der Waals surface area contributed by atoms with Crippen molar-refractivity contribution in [2.24, 2.45) is 5.10 Å². The summed E-state index contributed by atoms with van der Waals surface area (Å²) in [6.45, 7) is 0. The molecular formula is C14H12FN3O. The summed E-state index contributed by atoms with van der Waals surface area (Å²) in [7, 11) is 0. The zero-order valence-corrected chi connectivity index (χ0v) is 10.0. The minimum absolute atomic E-state index is 0.319. The number of nitrogen functional groups attached to an aromatic ring is 1. The Balaban J connectivity index is 1.98. The van der Waals surface area contributed by atoms with E-state index in [4.69, 9.17) is 5.73 Å². The molecule has 0 aliphatic rings. The number of amides is 1. The van der Waals surface area contributed by atoms with Crippen LogP contribution in [0.25, 0.3) is 0 Å². The van der Waals surface area contributed by atoms with E-state index in [1.165, 1.54) is 18.3 Å². The smallest absolute Gasteiger partial charge is 0.271 e. The standard InChI is InChI=1S/C14H12FN3O/c15-12-6-4-10(5-7-12)9-17-18-14(19)11-2-1-3-13(16)8-11/h1-9H,16H2,(H,18,19)/b17-9-. The van der Waals surface area contributed by atoms with Gasteiger partial charge < -0.3 is 5.73 Å². The van der Waals surface area contributed by atoms with E-state index in [1.54, 1.807) is 36.4 Å². The van der Waals surface area contributed by atoms with Crippen LogP contribution in [0.3, 0.4) is 0 Å². The molecule has 0 fully saturated rings. The molecule has 96 valence electrons. The van der Waals surface area contributed by atoms with Crippen molar-refractivity contribution >= 4 is 17.8 Å². The molecule has 2 aromatic carbocycles. The fourth-order valence-electron chi connectivity index (χ4n) is 1.46. The van der Waals surface area contributed by atoms with Crippen molar-refractivity contribution < 1.29 is 9.18 Å². The van der Waals surface area contributed by atoms with Crippen molar-refractivity contribution in [1.29, 1.82) is 0 Å². The third-order valence-electron chi connectivity index (χ3n) is 2.40. The third-order valence-corrected chi connectivity index (χ3v) is 2.40. The van der Waals surface area contributed by atoms with Gasteiger partial charge in [0.25, 0.3) is 5.91 Å². The normalized spacial score (nSPS) is 10.6. The third kappa shape index (κ3) is 3.64. The van der Waals surface area contributed by atoms with Crippen molar-refractivity contribution in [3.05, 3.63) is 65.5 Å². The Morgan fingerprint density at radius 3 is 2.63 bits per heavy atom. The Kier molecular flexibility index (Phi) is 3.87. The SMILES string of the molecule is Nc1cccc(C(=O)N/N=C\c2ccc(F)cc2)c1. The van der Waals surface area contributed by atoms with Gasteiger partial charge in [-0.3, -0.25) is 4.79 Å². The fourth-order valence-corrected chi connectivity index (χ4v) is 1.46. The van der Waals surface area contributed by atoms with Gasteiger partial charge in [0.05, 0.1) is 6.21 Å². The highest BCUT2D eigenvalue weighted by Crippen LogP contribution is 2.06. The van der Waals surface area contributed by atoms with E-state index in [0.29, 0.717) is 16.8 Å². The van der Waals surface area contributed by atoms with Crippen LogP contribution in [0.5, 0.6) is 0 Å². The van der Waals surface area contributed by atoms with E-state index >= 15 is 0 Å². The number of nitrogens with zero attached hydrogens (tertiary/aromatic N) is 1. The Morgan fingerprint density at radius 2 is 1.95 bits per heavy atom. The molecule has 0 saturated heterocycles. The molecule has 2 rings (SSSR count). The highest BCUT2D eigenvalue weighted by Gasteiger charge is 2.03. The first-order valence-electron chi connectivity index (χ1n) is 5.59. The highest BCUT2D eigenvalue weighted by molar-refractivity contribution is 5.95. The van der Waals surface area contributed by atoms with Gasteiger partial charge in [-0.15, -0.1) is 0 Å². The Morgan fingerprint density at radius 1 is 1.21 bits per heavy atom. The molecule has 4 nitrogen and oxygen atoms in total. The van der Waals surface area contributed by atoms with E-state index in [0.717, 1.165) is 0 Å². The van der Waals surface area contributed by atoms with Crippen LogP contribution >= 0.6 is 0 Å². The van der Waals surface area contributed by atoms with Gasteiger partial charge in [0.1, 0.15) is 5.82 Å². The first-order chi connectivity index (χ1) is 9.15. The van der Waals surface area contributed by atoms with Gasteiger partial charge >= 0.3 is 0 Å². The number of nitrogens with two attached hydrogens (primary N) is 1. The number of hydrogen-bond donors (Lipinski definition) is 2. The van der Waals surface area contributed by atoms with E-state index in [1.807, 2.05) is 0 Å². The fraction of sp³-hybridized carbons (Fsp3) is 0. The number of benzene rings is 2. The predicted molar refractivity (Wildman–Crippen MR) is 72.3 cm³/mol. The first kappa shape index (κ1) is 12.8. The lowest BCUT2D eigenvalue weighted by molar-refractivity contribution is 0.0955. The van der Waals surface area contributed by atoms with Crippen molar-refractivity contribution in [3.63, 3.8) is 0 Å². The molecule has 3 N–H and O–H groups in total. The van der Waals surface area contributed by atoms with Gasteiger partial charge in [0.2, 0.25) is 0 Å². The number of carbonyl (C=O) groups is 1. The molecule has 5 heteroatoms. The Hall–Kier alpha value is -2.69. The Bertz CT molecular complexity index is 608. The van der Waals surface area contributed by atoms with Crippen LogP contribution in [0.2, 0.25) is 0 Å². The summed E-state index contributed by atoms with van der Waals surface area (Å²) >= 11 is 0. The zero-order chi connectivity index (χ0) is 13.7. The molecule has 0 radical (unpaired) electrons. The predicted octanol–water partition coefficient (Wildman–Crippen LogP) is 2.17. The summed E-state index contributed by atoms with van der Waals surface area (Å²) in [5.74, 6) is -0.674. The maximum Gasteiger partial charge on any atom is 0.271 e. The van der Waals surface area contributed by atoms with E-state index < -0.39 is 0 Å². The molecule has 0 heterocycles. The van der Waals surface area contributed by atoms with Crippen molar-refractivity contribution in [2.75, 3.05) is 5.73 Å². The van der Waals surface area contributed by atoms with Crippen molar-refractivity contribution in [3.8, 4) is 0 Å². The molecule has 0 spiro atoms. The van der Waals surface area contributed by atoms with Crippen LogP contribution in [0.1, 0.15) is 15.9 Å². The lowest BCUT2D eigenvalue weighted by Gasteiger charge is -2.00. The molecule has 0 saturated carbocycles. The summed E-state index contributed by atoms with van der Waals surface area (Å²) in [6.07, 6.45) is 1.43. The monoisotopic (exact) mass is 257 g/mol. The molecule has 19 heavy (non-hydrogen) atoms. The maximum atomic E-state index is 12.7. The minimum Gasteiger partial charge on any atom is -0.399 e. The number of hydrogen-bond acceptors (Lipinski definition) is 3. The summed E-state index contributed by atoms with van der Waals surface area (Å²) in [5, 5.41) is 3.79. The summed E-state index contributed by atoms with van der Waals surface area (Å²) in [4.78, 5) is 11.7. The molecule has 2 aromatic rings. The number of anilines is 1. The minimum atomic E-state index is -0.356. The second-order valence-electron chi connectivity index (χ2n) is 3.88. The molecule has 0 aliphatic carbocycles. The van der Waals surface area contributed by atoms with Gasteiger partial charge in [-0.2, -0.15) is 5.10 Å². The lowest BCUT2D eigenvalue weighted by Crippen LogP contribution is -2.17. The molecular weight excluding hydrogens is 245 g/mol. The maximum absolute atomic E-state index is 12.7. The van der Waals surface area contributed by atoms with Crippen molar-refractivity contribution in [1.82, 2.24) is 5.43 Å². The Labute approximate surface area is 109 Å². The lowest BCUT2D eigenvalue weighted by atomic mass is 10.2. The molecule has 0 bridgehead atoms. The summed E-state index contributed by atoms with van der Waals surface area (Å²) in [5.41, 5.74) is 9.57. The number of hydrazone groups is 1. The first-order valence-corrected chi connectivity index (χ1v) is 5.59. The molecule has 0 unspecified atom stereocenters. The van der Waals surface area contributed by atoms with Gasteiger partial charge in [0, 0.05) is 11.3 Å². The average molecular weight is 257 g/mol. The summed E-state index contributed by atoms with van der Waals surface area (Å²) in [6, 6.07) is 12.3. The largest absolute Gasteiger partial charge is 0.399 e. The van der Waals surface area contributed by atoms with E-state index in [2.05, 4.69) is 10.5 Å². The molecule has 1 amide bonds. The topological polar surface area (TPSA) is 67.5 Å². The van der Waals surface area contributed by atoms with Crippen LogP contribution in [-0.2, 0) is 0 Å². The number of rotatable bonds is 3. The quantitative estimate of drug-likeness (QED) is 0.502. The van der Waals surface area contributed by atoms with Crippen LogP contribution in [0, 0.1) is 5.82 Å². The zero-order valence-electron chi connectivity index (χ0n) is 10.0. The van der Waals surface area contributed by atoms with Gasteiger partial charge in [-0.1, -0.05) is 18.2 Å². The van der Waals surface area contributed by atoms with Gasteiger partial charge in [0.15, 0.2) is 0 Å². The molecule has 0 aliphatic heterocycles. The van der Waals surface area contributed by atoms with Gasteiger partial charge in [-0.25, -0.2) is 9.82 Å². The van der Waals surface area contributed by atoms with Crippen LogP contribution in [0.15, 0.2) is 53.6 Å². The number of carbonyl (C=O) groups excluding carboxylic acids is 1. The highest BCUT2D eigenvalue weighted by atomic mass is 19.1. The van der Waals surface area contributed by atoms with Crippen LogP contribution < -0.4 is 11.2 Å². The number of nitrogens with one attached hydrogen (secondary N) is 1. The van der Waals surface area contributed by atoms with Gasteiger partial charge in [-0.05, 0) is 35.9 Å². The summed E-state index contributed by atoms with van der Waals surface area (Å²) < 4.78 is 12.7. The van der Waals surface area contributed by atoms with E-state index in [-0.39, 0.29) is 11.7 Å². The van der Waals surface area contributed by atoms with Crippen LogP contribution in [0.4, 0.5) is 10.1 Å². The second kappa shape index (κ2) is 5.77. The second-order valence-corrected chi connectivity index (χ2v) is 3.88. The van der Waals surface area contributed by atoms with Crippen molar-refractivity contribution in [2.45, 2.75) is 0 Å². The molecule has 0 aromatic heterocycles. The van der Waals surface area contributed by atoms with E-state index in [9.17, 15) is 9.18 Å². The molecule has 0 atom stereocenters. The van der Waals surface area contributed by atoms with Crippen LogP contribution in [-0.4, -0.2) is 12.1 Å².